The SMILES string of the molecule is Cn1c(-c2cccc(Cl)c2)ccc(CN)c1=O. The van der Waals surface area contributed by atoms with E-state index in [0.29, 0.717) is 10.6 Å². The second kappa shape index (κ2) is 4.73. The standard InChI is InChI=1S/C13H13ClN2O/c1-16-12(6-5-10(8-15)13(16)17)9-3-2-4-11(14)7-9/h2-7H,8,15H2,1H3. The van der Waals surface area contributed by atoms with Crippen molar-refractivity contribution in [2.75, 3.05) is 0 Å². The van der Waals surface area contributed by atoms with Crippen molar-refractivity contribution < 1.29 is 0 Å². The number of rotatable bonds is 2. The topological polar surface area (TPSA) is 48.0 Å². The van der Waals surface area contributed by atoms with Crippen LogP contribution in [0.25, 0.3) is 11.3 Å². The third-order valence-electron chi connectivity index (χ3n) is 2.72. The number of pyridine rings is 1. The molecule has 0 bridgehead atoms. The Kier molecular flexibility index (Phi) is 3.31. The Hall–Kier alpha value is -1.58. The van der Waals surface area contributed by atoms with E-state index < -0.39 is 0 Å². The molecule has 0 unspecified atom stereocenters. The lowest BCUT2D eigenvalue weighted by molar-refractivity contribution is 0.839. The maximum absolute atomic E-state index is 11.9. The predicted octanol–water partition coefficient (Wildman–Crippen LogP) is 2.16. The highest BCUT2D eigenvalue weighted by molar-refractivity contribution is 6.30. The maximum atomic E-state index is 11.9. The summed E-state index contributed by atoms with van der Waals surface area (Å²) in [5.41, 5.74) is 7.79. The first-order chi connectivity index (χ1) is 8.13. The Morgan fingerprint density at radius 2 is 2.06 bits per heavy atom. The van der Waals surface area contributed by atoms with Crippen LogP contribution in [0.1, 0.15) is 5.56 Å². The summed E-state index contributed by atoms with van der Waals surface area (Å²) >= 11 is 5.94. The van der Waals surface area contributed by atoms with E-state index in [4.69, 9.17) is 17.3 Å². The molecule has 0 saturated carbocycles. The van der Waals surface area contributed by atoms with Gasteiger partial charge in [-0.15, -0.1) is 0 Å². The molecular formula is C13H13ClN2O. The molecule has 0 amide bonds. The van der Waals surface area contributed by atoms with Crippen LogP contribution in [0.3, 0.4) is 0 Å². The van der Waals surface area contributed by atoms with Crippen LogP contribution in [0.15, 0.2) is 41.2 Å². The van der Waals surface area contributed by atoms with Crippen LogP contribution in [-0.4, -0.2) is 4.57 Å². The van der Waals surface area contributed by atoms with E-state index in [1.54, 1.807) is 23.7 Å². The first-order valence-electron chi connectivity index (χ1n) is 5.28. The Bertz CT molecular complexity index is 605. The third-order valence-corrected chi connectivity index (χ3v) is 2.96. The summed E-state index contributed by atoms with van der Waals surface area (Å²) in [6.45, 7) is 0.252. The van der Waals surface area contributed by atoms with E-state index in [1.807, 2.05) is 24.3 Å². The number of halogens is 1. The summed E-state index contributed by atoms with van der Waals surface area (Å²) in [6, 6.07) is 11.1. The van der Waals surface area contributed by atoms with E-state index in [2.05, 4.69) is 0 Å². The van der Waals surface area contributed by atoms with Crippen molar-refractivity contribution in [1.29, 1.82) is 0 Å². The number of hydrogen-bond acceptors (Lipinski definition) is 2. The molecule has 1 aromatic carbocycles. The van der Waals surface area contributed by atoms with Crippen LogP contribution in [0, 0.1) is 0 Å². The number of nitrogens with two attached hydrogens (primary N) is 1. The van der Waals surface area contributed by atoms with Gasteiger partial charge in [-0.05, 0) is 23.8 Å². The molecule has 0 aliphatic rings. The molecule has 2 N–H and O–H groups in total. The van der Waals surface area contributed by atoms with E-state index in [1.165, 1.54) is 0 Å². The number of hydrogen-bond donors (Lipinski definition) is 1. The Balaban J connectivity index is 2.62. The van der Waals surface area contributed by atoms with Gasteiger partial charge >= 0.3 is 0 Å². The first kappa shape index (κ1) is 11.9. The summed E-state index contributed by atoms with van der Waals surface area (Å²) in [5, 5.41) is 0.651. The lowest BCUT2D eigenvalue weighted by atomic mass is 10.1. The average Bonchev–Trinajstić information content (AvgIpc) is 2.32. The molecule has 0 aliphatic heterocycles. The van der Waals surface area contributed by atoms with Crippen LogP contribution in [0.5, 0.6) is 0 Å². The normalized spacial score (nSPS) is 10.5. The van der Waals surface area contributed by atoms with Crippen molar-refractivity contribution in [3.05, 3.63) is 57.3 Å². The molecule has 2 aromatic rings. The average molecular weight is 249 g/mol. The summed E-state index contributed by atoms with van der Waals surface area (Å²) < 4.78 is 1.59. The van der Waals surface area contributed by atoms with Crippen LogP contribution < -0.4 is 11.3 Å². The molecular weight excluding hydrogens is 236 g/mol. The van der Waals surface area contributed by atoms with Gasteiger partial charge in [0.05, 0.1) is 5.69 Å². The summed E-state index contributed by atoms with van der Waals surface area (Å²) in [7, 11) is 1.73. The van der Waals surface area contributed by atoms with Crippen molar-refractivity contribution in [2.45, 2.75) is 6.54 Å². The van der Waals surface area contributed by atoms with Crippen LogP contribution >= 0.6 is 11.6 Å². The van der Waals surface area contributed by atoms with Gasteiger partial charge in [-0.3, -0.25) is 4.79 Å². The van der Waals surface area contributed by atoms with Crippen molar-refractivity contribution in [3.63, 3.8) is 0 Å². The molecule has 3 nitrogen and oxygen atoms in total. The largest absolute Gasteiger partial charge is 0.326 e. The van der Waals surface area contributed by atoms with Crippen LogP contribution in [-0.2, 0) is 13.6 Å². The highest BCUT2D eigenvalue weighted by Crippen LogP contribution is 2.21. The van der Waals surface area contributed by atoms with E-state index in [-0.39, 0.29) is 12.1 Å². The van der Waals surface area contributed by atoms with Crippen molar-refractivity contribution >= 4 is 11.6 Å². The zero-order chi connectivity index (χ0) is 12.4. The predicted molar refractivity (Wildman–Crippen MR) is 70.0 cm³/mol. The van der Waals surface area contributed by atoms with E-state index >= 15 is 0 Å². The van der Waals surface area contributed by atoms with Crippen LogP contribution in [0.4, 0.5) is 0 Å². The zero-order valence-corrected chi connectivity index (χ0v) is 10.2. The minimum Gasteiger partial charge on any atom is -0.326 e. The number of aromatic nitrogens is 1. The highest BCUT2D eigenvalue weighted by atomic mass is 35.5. The van der Waals surface area contributed by atoms with Gasteiger partial charge in [0.2, 0.25) is 0 Å². The molecule has 0 fully saturated rings. The van der Waals surface area contributed by atoms with Crippen molar-refractivity contribution in [1.82, 2.24) is 4.57 Å². The Morgan fingerprint density at radius 1 is 1.29 bits per heavy atom. The Morgan fingerprint density at radius 3 is 2.71 bits per heavy atom. The molecule has 17 heavy (non-hydrogen) atoms. The molecule has 0 radical (unpaired) electrons. The molecule has 88 valence electrons. The third kappa shape index (κ3) is 2.25. The zero-order valence-electron chi connectivity index (χ0n) is 9.48. The Labute approximate surface area is 104 Å². The van der Waals surface area contributed by atoms with Gasteiger partial charge in [0.15, 0.2) is 0 Å². The fourth-order valence-electron chi connectivity index (χ4n) is 1.78. The minimum absolute atomic E-state index is 0.0648. The molecule has 1 heterocycles. The summed E-state index contributed by atoms with van der Waals surface area (Å²) in [6.07, 6.45) is 0. The fourth-order valence-corrected chi connectivity index (χ4v) is 1.97. The molecule has 0 atom stereocenters. The number of benzene rings is 1. The molecule has 0 saturated heterocycles. The second-order valence-electron chi connectivity index (χ2n) is 3.82. The first-order valence-corrected chi connectivity index (χ1v) is 5.66. The number of nitrogens with zero attached hydrogens (tertiary/aromatic N) is 1. The molecule has 4 heteroatoms. The lowest BCUT2D eigenvalue weighted by Crippen LogP contribution is -2.23. The van der Waals surface area contributed by atoms with E-state index in [9.17, 15) is 4.79 Å². The van der Waals surface area contributed by atoms with Crippen molar-refractivity contribution in [2.24, 2.45) is 12.8 Å². The minimum atomic E-state index is -0.0648. The van der Waals surface area contributed by atoms with Gasteiger partial charge in [0, 0.05) is 24.2 Å². The molecule has 0 aliphatic carbocycles. The lowest BCUT2D eigenvalue weighted by Gasteiger charge is -2.10. The summed E-state index contributed by atoms with van der Waals surface area (Å²) in [4.78, 5) is 11.9. The molecule has 0 spiro atoms. The highest BCUT2D eigenvalue weighted by Gasteiger charge is 2.06. The molecule has 2 rings (SSSR count). The van der Waals surface area contributed by atoms with Gasteiger partial charge in [-0.2, -0.15) is 0 Å². The van der Waals surface area contributed by atoms with Gasteiger partial charge in [0.25, 0.3) is 5.56 Å². The van der Waals surface area contributed by atoms with Gasteiger partial charge in [-0.1, -0.05) is 29.8 Å². The molecule has 1 aromatic heterocycles. The maximum Gasteiger partial charge on any atom is 0.255 e. The van der Waals surface area contributed by atoms with Gasteiger partial charge in [0.1, 0.15) is 0 Å². The monoisotopic (exact) mass is 248 g/mol. The fraction of sp³-hybridized carbons (Fsp3) is 0.154. The second-order valence-corrected chi connectivity index (χ2v) is 4.26. The van der Waals surface area contributed by atoms with Gasteiger partial charge < -0.3 is 10.3 Å². The quantitative estimate of drug-likeness (QED) is 0.886. The summed E-state index contributed by atoms with van der Waals surface area (Å²) in [5.74, 6) is 0. The smallest absolute Gasteiger partial charge is 0.255 e. The van der Waals surface area contributed by atoms with Crippen molar-refractivity contribution in [3.8, 4) is 11.3 Å². The van der Waals surface area contributed by atoms with Gasteiger partial charge in [-0.25, -0.2) is 0 Å². The van der Waals surface area contributed by atoms with Crippen LogP contribution in [0.2, 0.25) is 5.02 Å². The van der Waals surface area contributed by atoms with E-state index in [0.717, 1.165) is 11.3 Å².